The number of carbonyl (C=O) groups excluding carboxylic acids is 1. The molecule has 4 aromatic carbocycles. The van der Waals surface area contributed by atoms with E-state index in [9.17, 15) is 9.90 Å². The maximum atomic E-state index is 13.7. The number of ether oxygens (including phenoxy) is 5. The molecule has 0 radical (unpaired) electrons. The smallest absolute Gasteiger partial charge is 0.259 e. The van der Waals surface area contributed by atoms with E-state index in [2.05, 4.69) is 15.0 Å². The van der Waals surface area contributed by atoms with Gasteiger partial charge in [-0.2, -0.15) is 0 Å². The molecular formula is C42H43N5O7. The van der Waals surface area contributed by atoms with Crippen LogP contribution in [0.1, 0.15) is 47.1 Å². The van der Waals surface area contributed by atoms with Crippen LogP contribution in [0.25, 0.3) is 11.2 Å². The summed E-state index contributed by atoms with van der Waals surface area (Å²) in [5.41, 5.74) is 2.79. The average Bonchev–Trinajstić information content (AvgIpc) is 3.79. The number of aliphatic hydroxyl groups is 1. The summed E-state index contributed by atoms with van der Waals surface area (Å²) in [5, 5.41) is 11.8. The SMILES string of the molecule is COc1ccc(C(OC[C@H]2O[C@@H](n3cnc4c(N(C(=O)c5ccccc5)C(C)C)ncnc43)C(OC)C2O)(c2ccccc2)c2ccc(OC)cc2)cc1. The van der Waals surface area contributed by atoms with E-state index in [1.807, 2.05) is 111 Å². The standard InChI is InChI=1S/C42H43N5O7/c1-27(2)47(40(49)28-12-8-6-9-13-28)39-35-38(43-25-44-39)46(26-45-35)41-37(52-5)36(48)34(54-41)24-53-42(29-14-10-7-11-15-29,30-16-20-32(50-3)21-17-30)31-18-22-33(51-4)23-19-31/h6-23,25-27,34,36-37,41,48H,24H2,1-5H3/t34-,36?,37?,41-/m1/s1. The van der Waals surface area contributed by atoms with Crippen molar-refractivity contribution in [2.24, 2.45) is 0 Å². The molecule has 4 atom stereocenters. The molecule has 6 aromatic rings. The lowest BCUT2D eigenvalue weighted by Crippen LogP contribution is -2.40. The number of anilines is 1. The molecule has 3 heterocycles. The van der Waals surface area contributed by atoms with Crippen molar-refractivity contribution < 1.29 is 33.6 Å². The summed E-state index contributed by atoms with van der Waals surface area (Å²) in [7, 11) is 4.78. The van der Waals surface area contributed by atoms with Gasteiger partial charge >= 0.3 is 0 Å². The summed E-state index contributed by atoms with van der Waals surface area (Å²) in [4.78, 5) is 29.1. The number of amides is 1. The molecule has 0 aliphatic carbocycles. The van der Waals surface area contributed by atoms with Gasteiger partial charge in [-0.05, 0) is 66.9 Å². The van der Waals surface area contributed by atoms with Crippen LogP contribution in [0.15, 0.2) is 122 Å². The molecule has 1 fully saturated rings. The highest BCUT2D eigenvalue weighted by molar-refractivity contribution is 6.08. The van der Waals surface area contributed by atoms with Gasteiger partial charge in [0, 0.05) is 18.7 Å². The molecule has 0 bridgehead atoms. The molecule has 12 nitrogen and oxygen atoms in total. The second kappa shape index (κ2) is 15.7. The van der Waals surface area contributed by atoms with Gasteiger partial charge in [0.1, 0.15) is 41.7 Å². The Labute approximate surface area is 313 Å². The van der Waals surface area contributed by atoms with Gasteiger partial charge in [0.2, 0.25) is 0 Å². The lowest BCUT2D eigenvalue weighted by atomic mass is 9.80. The van der Waals surface area contributed by atoms with E-state index in [0.29, 0.717) is 34.0 Å². The van der Waals surface area contributed by atoms with Crippen LogP contribution >= 0.6 is 0 Å². The average molecular weight is 730 g/mol. The summed E-state index contributed by atoms with van der Waals surface area (Å²) in [6.07, 6.45) is -0.596. The van der Waals surface area contributed by atoms with E-state index < -0.39 is 30.1 Å². The van der Waals surface area contributed by atoms with Crippen LogP contribution in [0.5, 0.6) is 11.5 Å². The first-order chi connectivity index (χ1) is 26.3. The maximum Gasteiger partial charge on any atom is 0.259 e. The fourth-order valence-corrected chi connectivity index (χ4v) is 7.11. The highest BCUT2D eigenvalue weighted by atomic mass is 16.6. The normalized spacial score (nSPS) is 18.6. The summed E-state index contributed by atoms with van der Waals surface area (Å²) in [6, 6.07) is 34.2. The predicted molar refractivity (Wildman–Crippen MR) is 203 cm³/mol. The number of hydrogen-bond acceptors (Lipinski definition) is 10. The Kier molecular flexibility index (Phi) is 10.7. The third kappa shape index (κ3) is 6.69. The highest BCUT2D eigenvalue weighted by Crippen LogP contribution is 2.43. The number of aromatic nitrogens is 4. The minimum absolute atomic E-state index is 0.0238. The second-order valence-electron chi connectivity index (χ2n) is 13.2. The monoisotopic (exact) mass is 729 g/mol. The number of fused-ring (bicyclic) bond motifs is 1. The Bertz CT molecular complexity index is 2110. The molecule has 54 heavy (non-hydrogen) atoms. The van der Waals surface area contributed by atoms with Gasteiger partial charge in [-0.3, -0.25) is 14.3 Å². The third-order valence-corrected chi connectivity index (χ3v) is 9.82. The molecule has 7 rings (SSSR count). The van der Waals surface area contributed by atoms with Crippen LogP contribution in [-0.4, -0.2) is 82.8 Å². The lowest BCUT2D eigenvalue weighted by Gasteiger charge is -2.37. The molecule has 1 aliphatic heterocycles. The molecule has 278 valence electrons. The summed E-state index contributed by atoms with van der Waals surface area (Å²) < 4.78 is 32.2. The minimum Gasteiger partial charge on any atom is -0.497 e. The van der Waals surface area contributed by atoms with Crippen LogP contribution in [0.3, 0.4) is 0 Å². The first-order valence-corrected chi connectivity index (χ1v) is 17.7. The van der Waals surface area contributed by atoms with Gasteiger partial charge in [0.25, 0.3) is 5.91 Å². The van der Waals surface area contributed by atoms with Gasteiger partial charge < -0.3 is 28.8 Å². The van der Waals surface area contributed by atoms with E-state index in [4.69, 9.17) is 23.7 Å². The lowest BCUT2D eigenvalue weighted by molar-refractivity contribution is -0.0948. The number of aliphatic hydroxyl groups excluding tert-OH is 1. The van der Waals surface area contributed by atoms with Gasteiger partial charge in [-0.15, -0.1) is 0 Å². The van der Waals surface area contributed by atoms with Crippen molar-refractivity contribution in [1.29, 1.82) is 0 Å². The van der Waals surface area contributed by atoms with Crippen LogP contribution in [0.2, 0.25) is 0 Å². The number of benzene rings is 4. The fourth-order valence-electron chi connectivity index (χ4n) is 7.11. The number of carbonyl (C=O) groups is 1. The van der Waals surface area contributed by atoms with Crippen LogP contribution in [0, 0.1) is 0 Å². The zero-order valence-electron chi connectivity index (χ0n) is 30.8. The van der Waals surface area contributed by atoms with Crippen LogP contribution in [-0.2, 0) is 19.8 Å². The largest absolute Gasteiger partial charge is 0.497 e. The Morgan fingerprint density at radius 3 is 1.94 bits per heavy atom. The quantitative estimate of drug-likeness (QED) is 0.138. The van der Waals surface area contributed by atoms with Gasteiger partial charge in [-0.1, -0.05) is 72.8 Å². The van der Waals surface area contributed by atoms with E-state index in [-0.39, 0.29) is 18.6 Å². The molecule has 1 saturated heterocycles. The van der Waals surface area contributed by atoms with E-state index in [1.54, 1.807) is 42.1 Å². The molecule has 12 heteroatoms. The van der Waals surface area contributed by atoms with Crippen molar-refractivity contribution in [2.45, 2.75) is 50.0 Å². The molecule has 2 unspecified atom stereocenters. The summed E-state index contributed by atoms with van der Waals surface area (Å²) in [5.74, 6) is 1.56. The molecule has 1 N–H and O–H groups in total. The maximum absolute atomic E-state index is 13.7. The van der Waals surface area contributed by atoms with Crippen molar-refractivity contribution in [3.8, 4) is 11.5 Å². The number of methoxy groups -OCH3 is 3. The number of nitrogens with zero attached hydrogens (tertiary/aromatic N) is 5. The van der Waals surface area contributed by atoms with E-state index in [0.717, 1.165) is 16.7 Å². The Morgan fingerprint density at radius 2 is 1.39 bits per heavy atom. The van der Waals surface area contributed by atoms with Crippen molar-refractivity contribution in [1.82, 2.24) is 19.5 Å². The highest BCUT2D eigenvalue weighted by Gasteiger charge is 2.48. The molecule has 2 aromatic heterocycles. The molecule has 0 saturated carbocycles. The Hall–Kier alpha value is -5.66. The van der Waals surface area contributed by atoms with Gasteiger partial charge in [0.15, 0.2) is 23.2 Å². The van der Waals surface area contributed by atoms with Crippen LogP contribution in [0.4, 0.5) is 5.82 Å². The van der Waals surface area contributed by atoms with Crippen molar-refractivity contribution in [3.05, 3.63) is 144 Å². The number of rotatable bonds is 13. The van der Waals surface area contributed by atoms with Crippen molar-refractivity contribution in [3.63, 3.8) is 0 Å². The first-order valence-electron chi connectivity index (χ1n) is 17.7. The van der Waals surface area contributed by atoms with Crippen molar-refractivity contribution in [2.75, 3.05) is 32.8 Å². The third-order valence-electron chi connectivity index (χ3n) is 9.82. The molecular weight excluding hydrogens is 686 g/mol. The van der Waals surface area contributed by atoms with Gasteiger partial charge in [-0.25, -0.2) is 15.0 Å². The van der Waals surface area contributed by atoms with E-state index >= 15 is 0 Å². The minimum atomic E-state index is -1.13. The summed E-state index contributed by atoms with van der Waals surface area (Å²) >= 11 is 0. The number of hydrogen-bond donors (Lipinski definition) is 1. The Balaban J connectivity index is 1.24. The first kappa shape index (κ1) is 36.7. The zero-order valence-corrected chi connectivity index (χ0v) is 30.8. The summed E-state index contributed by atoms with van der Waals surface area (Å²) in [6.45, 7) is 3.81. The second-order valence-corrected chi connectivity index (χ2v) is 13.2. The van der Waals surface area contributed by atoms with Crippen molar-refractivity contribution >= 4 is 22.9 Å². The van der Waals surface area contributed by atoms with E-state index in [1.165, 1.54) is 13.4 Å². The van der Waals surface area contributed by atoms with Crippen LogP contribution < -0.4 is 14.4 Å². The molecule has 1 amide bonds. The topological polar surface area (TPSA) is 130 Å². The Morgan fingerprint density at radius 1 is 0.815 bits per heavy atom. The fraction of sp³-hybridized carbons (Fsp3) is 0.286. The number of imidazole rings is 1. The van der Waals surface area contributed by atoms with Gasteiger partial charge in [0.05, 0.1) is 27.2 Å². The predicted octanol–water partition coefficient (Wildman–Crippen LogP) is 6.18. The molecule has 1 aliphatic rings. The zero-order chi connectivity index (χ0) is 37.8. The molecule has 0 spiro atoms.